The molecular formula is C12H7BrI3NO. The van der Waals surface area contributed by atoms with Crippen molar-refractivity contribution in [3.8, 4) is 5.75 Å². The van der Waals surface area contributed by atoms with Gasteiger partial charge in [-0.05, 0) is 108 Å². The van der Waals surface area contributed by atoms with Crippen molar-refractivity contribution in [3.05, 3.63) is 51.3 Å². The molecule has 0 aliphatic rings. The lowest BCUT2D eigenvalue weighted by atomic mass is 10.3. The van der Waals surface area contributed by atoms with Gasteiger partial charge in [0.1, 0.15) is 12.4 Å². The molecule has 0 aliphatic carbocycles. The molecule has 0 aliphatic heterocycles. The second-order valence-electron chi connectivity index (χ2n) is 3.45. The summed E-state index contributed by atoms with van der Waals surface area (Å²) in [4.78, 5) is 4.29. The van der Waals surface area contributed by atoms with Gasteiger partial charge in [-0.3, -0.25) is 4.98 Å². The Bertz CT molecular complexity index is 537. The Balaban J connectivity index is 2.13. The summed E-state index contributed by atoms with van der Waals surface area (Å²) in [6.07, 6.45) is 1.78. The highest BCUT2D eigenvalue weighted by Crippen LogP contribution is 2.30. The van der Waals surface area contributed by atoms with Crippen molar-refractivity contribution in [1.29, 1.82) is 0 Å². The van der Waals surface area contributed by atoms with Crippen LogP contribution in [0.4, 0.5) is 0 Å². The summed E-state index contributed by atoms with van der Waals surface area (Å²) in [5, 5.41) is 0. The first-order valence-electron chi connectivity index (χ1n) is 4.94. The van der Waals surface area contributed by atoms with Gasteiger partial charge in [-0.2, -0.15) is 0 Å². The molecule has 2 aromatic rings. The van der Waals surface area contributed by atoms with Crippen LogP contribution in [0.3, 0.4) is 0 Å². The van der Waals surface area contributed by atoms with Crippen LogP contribution in [0.25, 0.3) is 0 Å². The van der Waals surface area contributed by atoms with Gasteiger partial charge < -0.3 is 4.74 Å². The molecule has 1 heterocycles. The molecule has 2 rings (SSSR count). The lowest BCUT2D eigenvalue weighted by Crippen LogP contribution is -2.01. The zero-order valence-electron chi connectivity index (χ0n) is 8.96. The maximum absolute atomic E-state index is 5.85. The third-order valence-electron chi connectivity index (χ3n) is 2.12. The molecule has 0 radical (unpaired) electrons. The second kappa shape index (κ2) is 7.02. The van der Waals surface area contributed by atoms with Crippen LogP contribution in [0.5, 0.6) is 5.75 Å². The van der Waals surface area contributed by atoms with Gasteiger partial charge in [0, 0.05) is 14.2 Å². The van der Waals surface area contributed by atoms with Gasteiger partial charge in [0.2, 0.25) is 0 Å². The summed E-state index contributed by atoms with van der Waals surface area (Å²) >= 11 is 10.3. The molecule has 0 saturated carbocycles. The van der Waals surface area contributed by atoms with Crippen LogP contribution >= 0.6 is 83.7 Å². The van der Waals surface area contributed by atoms with Crippen LogP contribution in [0.15, 0.2) is 34.9 Å². The van der Waals surface area contributed by atoms with Crippen molar-refractivity contribution in [2.75, 3.05) is 0 Å². The normalized spacial score (nSPS) is 10.4. The van der Waals surface area contributed by atoms with Crippen molar-refractivity contribution in [3.63, 3.8) is 0 Å². The number of benzene rings is 1. The highest BCUT2D eigenvalue weighted by Gasteiger charge is 2.08. The van der Waals surface area contributed by atoms with Gasteiger partial charge in [0.15, 0.2) is 0 Å². The van der Waals surface area contributed by atoms with Gasteiger partial charge in [-0.25, -0.2) is 0 Å². The van der Waals surface area contributed by atoms with E-state index in [0.29, 0.717) is 6.61 Å². The third kappa shape index (κ3) is 4.17. The Morgan fingerprint density at radius 3 is 2.33 bits per heavy atom. The van der Waals surface area contributed by atoms with E-state index in [9.17, 15) is 0 Å². The van der Waals surface area contributed by atoms with Crippen molar-refractivity contribution in [1.82, 2.24) is 4.98 Å². The smallest absolute Gasteiger partial charge is 0.146 e. The minimum atomic E-state index is 0.486. The fraction of sp³-hybridized carbons (Fsp3) is 0.0833. The first-order valence-corrected chi connectivity index (χ1v) is 8.97. The molecule has 0 unspecified atom stereocenters. The zero-order chi connectivity index (χ0) is 13.1. The lowest BCUT2D eigenvalue weighted by molar-refractivity contribution is 0.297. The fourth-order valence-corrected chi connectivity index (χ4v) is 5.43. The average molecular weight is 642 g/mol. The van der Waals surface area contributed by atoms with E-state index < -0.39 is 0 Å². The molecule has 0 spiro atoms. The molecule has 18 heavy (non-hydrogen) atoms. The van der Waals surface area contributed by atoms with E-state index in [4.69, 9.17) is 4.74 Å². The quantitative estimate of drug-likeness (QED) is 0.428. The van der Waals surface area contributed by atoms with Gasteiger partial charge >= 0.3 is 0 Å². The average Bonchev–Trinajstić information content (AvgIpc) is 2.30. The van der Waals surface area contributed by atoms with Crippen LogP contribution in [0.2, 0.25) is 0 Å². The topological polar surface area (TPSA) is 22.1 Å². The minimum Gasteiger partial charge on any atom is -0.485 e. The van der Waals surface area contributed by atoms with E-state index in [2.05, 4.69) is 101 Å². The number of hydrogen-bond donors (Lipinski definition) is 0. The van der Waals surface area contributed by atoms with Gasteiger partial charge in [-0.15, -0.1) is 0 Å². The van der Waals surface area contributed by atoms with Crippen LogP contribution in [-0.2, 0) is 6.61 Å². The van der Waals surface area contributed by atoms with Crippen LogP contribution in [0.1, 0.15) is 5.69 Å². The maximum atomic E-state index is 5.85. The summed E-state index contributed by atoms with van der Waals surface area (Å²) in [6.45, 7) is 0.486. The van der Waals surface area contributed by atoms with E-state index >= 15 is 0 Å². The largest absolute Gasteiger partial charge is 0.485 e. The molecular weight excluding hydrogens is 635 g/mol. The predicted octanol–water partition coefficient (Wildman–Crippen LogP) is 5.24. The van der Waals surface area contributed by atoms with Crippen molar-refractivity contribution >= 4 is 83.7 Å². The van der Waals surface area contributed by atoms with Crippen LogP contribution in [-0.4, -0.2) is 4.98 Å². The molecule has 0 saturated heterocycles. The monoisotopic (exact) mass is 641 g/mol. The number of aromatic nitrogens is 1. The van der Waals surface area contributed by atoms with E-state index in [1.807, 2.05) is 12.1 Å². The van der Waals surface area contributed by atoms with E-state index in [1.165, 1.54) is 3.57 Å². The summed E-state index contributed by atoms with van der Waals surface area (Å²) in [6, 6.07) is 8.13. The molecule has 94 valence electrons. The summed E-state index contributed by atoms with van der Waals surface area (Å²) in [7, 11) is 0. The lowest BCUT2D eigenvalue weighted by Gasteiger charge is -2.10. The van der Waals surface area contributed by atoms with E-state index in [1.54, 1.807) is 6.20 Å². The first-order chi connectivity index (χ1) is 8.56. The standard InChI is InChI=1S/C12H7BrI3NO/c13-7-1-2-9(17-5-7)6-18-12-10(15)3-8(14)4-11(12)16/h1-5H,6H2. The minimum absolute atomic E-state index is 0.486. The first kappa shape index (κ1) is 15.2. The van der Waals surface area contributed by atoms with Crippen LogP contribution < -0.4 is 4.74 Å². The summed E-state index contributed by atoms with van der Waals surface area (Å²) < 4.78 is 10.3. The van der Waals surface area contributed by atoms with Gasteiger partial charge in [-0.1, -0.05) is 0 Å². The van der Waals surface area contributed by atoms with Gasteiger partial charge in [0.05, 0.1) is 12.8 Å². The third-order valence-corrected chi connectivity index (χ3v) is 4.81. The highest BCUT2D eigenvalue weighted by molar-refractivity contribution is 14.1. The SMILES string of the molecule is Brc1ccc(COc2c(I)cc(I)cc2I)nc1. The van der Waals surface area contributed by atoms with Crippen molar-refractivity contribution in [2.24, 2.45) is 0 Å². The molecule has 0 fully saturated rings. The number of nitrogens with zero attached hydrogens (tertiary/aromatic N) is 1. The fourth-order valence-electron chi connectivity index (χ4n) is 1.30. The molecule has 6 heteroatoms. The number of ether oxygens (including phenoxy) is 1. The Hall–Kier alpha value is 0.840. The summed E-state index contributed by atoms with van der Waals surface area (Å²) in [5.74, 6) is 0.932. The van der Waals surface area contributed by atoms with Crippen molar-refractivity contribution in [2.45, 2.75) is 6.61 Å². The van der Waals surface area contributed by atoms with Crippen LogP contribution in [0, 0.1) is 10.7 Å². The molecule has 1 aromatic carbocycles. The summed E-state index contributed by atoms with van der Waals surface area (Å²) in [5.41, 5.74) is 0.920. The maximum Gasteiger partial charge on any atom is 0.146 e. The molecule has 0 N–H and O–H groups in total. The number of hydrogen-bond acceptors (Lipinski definition) is 2. The number of pyridine rings is 1. The predicted molar refractivity (Wildman–Crippen MR) is 101 cm³/mol. The van der Waals surface area contributed by atoms with Crippen molar-refractivity contribution < 1.29 is 4.74 Å². The van der Waals surface area contributed by atoms with Gasteiger partial charge in [0.25, 0.3) is 0 Å². The molecule has 0 amide bonds. The zero-order valence-corrected chi connectivity index (χ0v) is 17.0. The highest BCUT2D eigenvalue weighted by atomic mass is 127. The van der Waals surface area contributed by atoms with E-state index in [-0.39, 0.29) is 0 Å². The Labute approximate surface area is 155 Å². The molecule has 1 aromatic heterocycles. The molecule has 0 bridgehead atoms. The molecule has 2 nitrogen and oxygen atoms in total. The Morgan fingerprint density at radius 1 is 1.11 bits per heavy atom. The second-order valence-corrected chi connectivity index (χ2v) is 7.94. The number of rotatable bonds is 3. The Morgan fingerprint density at radius 2 is 1.78 bits per heavy atom. The van der Waals surface area contributed by atoms with E-state index in [0.717, 1.165) is 23.1 Å². The number of halogens is 4. The molecule has 0 atom stereocenters. The Kier molecular flexibility index (Phi) is 5.94.